The van der Waals surface area contributed by atoms with Crippen LogP contribution in [0.4, 0.5) is 10.1 Å². The minimum absolute atomic E-state index is 0.0581. The van der Waals surface area contributed by atoms with Crippen molar-refractivity contribution in [2.75, 3.05) is 18.0 Å². The first-order valence-corrected chi connectivity index (χ1v) is 8.10. The van der Waals surface area contributed by atoms with Crippen LogP contribution in [-0.2, 0) is 4.79 Å². The molecule has 3 rings (SSSR count). The summed E-state index contributed by atoms with van der Waals surface area (Å²) in [6.07, 6.45) is 3.31. The van der Waals surface area contributed by atoms with Crippen molar-refractivity contribution in [3.63, 3.8) is 0 Å². The fourth-order valence-electron chi connectivity index (χ4n) is 2.97. The van der Waals surface area contributed by atoms with E-state index in [0.29, 0.717) is 18.8 Å². The van der Waals surface area contributed by atoms with Gasteiger partial charge < -0.3 is 10.2 Å². The lowest BCUT2D eigenvalue weighted by Gasteiger charge is -2.20. The van der Waals surface area contributed by atoms with Crippen LogP contribution in [0.1, 0.15) is 25.5 Å². The Balaban J connectivity index is 1.86. The number of hydrogen-bond acceptors (Lipinski definition) is 5. The average Bonchev–Trinajstić information content (AvgIpc) is 3.24. The fraction of sp³-hybridized carbons (Fsp3) is 0.412. The zero-order valence-corrected chi connectivity index (χ0v) is 14.1. The van der Waals surface area contributed by atoms with Crippen LogP contribution >= 0.6 is 0 Å². The lowest BCUT2D eigenvalue weighted by atomic mass is 10.1. The molecule has 8 heteroatoms. The van der Waals surface area contributed by atoms with E-state index < -0.39 is 5.82 Å². The Kier molecular flexibility index (Phi) is 4.65. The molecule has 1 aliphatic rings. The van der Waals surface area contributed by atoms with Crippen LogP contribution in [0, 0.1) is 23.1 Å². The molecule has 25 heavy (non-hydrogen) atoms. The van der Waals surface area contributed by atoms with E-state index in [1.54, 1.807) is 29.2 Å². The summed E-state index contributed by atoms with van der Waals surface area (Å²) in [4.78, 5) is 14.0. The molecule has 1 aromatic heterocycles. The maximum absolute atomic E-state index is 14.4. The van der Waals surface area contributed by atoms with Crippen molar-refractivity contribution in [1.29, 1.82) is 5.26 Å². The summed E-state index contributed by atoms with van der Waals surface area (Å²) in [6.45, 7) is 4.58. The Morgan fingerprint density at radius 2 is 2.24 bits per heavy atom. The first kappa shape index (κ1) is 16.9. The van der Waals surface area contributed by atoms with Gasteiger partial charge in [-0.05, 0) is 18.2 Å². The summed E-state index contributed by atoms with van der Waals surface area (Å²) >= 11 is 0. The predicted molar refractivity (Wildman–Crippen MR) is 89.2 cm³/mol. The number of carbonyl (C=O) groups is 1. The van der Waals surface area contributed by atoms with Gasteiger partial charge >= 0.3 is 0 Å². The predicted octanol–water partition coefficient (Wildman–Crippen LogP) is 1.49. The Bertz CT molecular complexity index is 798. The van der Waals surface area contributed by atoms with Crippen molar-refractivity contribution >= 4 is 11.6 Å². The second-order valence-electron chi connectivity index (χ2n) is 6.40. The van der Waals surface area contributed by atoms with Crippen molar-refractivity contribution < 1.29 is 9.18 Å². The molecule has 0 aliphatic carbocycles. The largest absolute Gasteiger partial charge is 0.365 e. The third-order valence-corrected chi connectivity index (χ3v) is 4.34. The smallest absolute Gasteiger partial charge is 0.222 e. The Hall–Kier alpha value is -2.95. The highest BCUT2D eigenvalue weighted by molar-refractivity contribution is 5.78. The number of anilines is 1. The number of nitrogens with zero attached hydrogens (tertiary/aromatic N) is 5. The number of amides is 1. The minimum Gasteiger partial charge on any atom is -0.365 e. The quantitative estimate of drug-likeness (QED) is 0.910. The van der Waals surface area contributed by atoms with Crippen LogP contribution in [0.25, 0.3) is 0 Å². The average molecular weight is 342 g/mol. The van der Waals surface area contributed by atoms with E-state index in [1.165, 1.54) is 6.07 Å². The van der Waals surface area contributed by atoms with Crippen LogP contribution in [0.3, 0.4) is 0 Å². The third-order valence-electron chi connectivity index (χ3n) is 4.34. The first-order chi connectivity index (χ1) is 12.0. The molecule has 130 valence electrons. The van der Waals surface area contributed by atoms with E-state index >= 15 is 0 Å². The Morgan fingerprint density at radius 3 is 2.84 bits per heavy atom. The lowest BCUT2D eigenvalue weighted by Crippen LogP contribution is -2.43. The van der Waals surface area contributed by atoms with Gasteiger partial charge in [-0.2, -0.15) is 5.26 Å². The molecule has 0 radical (unpaired) electrons. The first-order valence-electron chi connectivity index (χ1n) is 8.10. The Morgan fingerprint density at radius 1 is 1.44 bits per heavy atom. The number of hydrogen-bond donors (Lipinski definition) is 1. The van der Waals surface area contributed by atoms with Crippen molar-refractivity contribution in [2.24, 2.45) is 5.92 Å². The highest BCUT2D eigenvalue weighted by atomic mass is 19.1. The molecule has 0 spiro atoms. The van der Waals surface area contributed by atoms with Crippen molar-refractivity contribution in [3.05, 3.63) is 42.0 Å². The van der Waals surface area contributed by atoms with Crippen molar-refractivity contribution in [3.8, 4) is 6.07 Å². The van der Waals surface area contributed by atoms with Gasteiger partial charge in [-0.1, -0.05) is 19.1 Å². The molecule has 0 saturated carbocycles. The van der Waals surface area contributed by atoms with Crippen LogP contribution < -0.4 is 10.2 Å². The lowest BCUT2D eigenvalue weighted by molar-refractivity contribution is -0.124. The molecule has 2 atom stereocenters. The van der Waals surface area contributed by atoms with Gasteiger partial charge in [0.05, 0.1) is 35.6 Å². The summed E-state index contributed by atoms with van der Waals surface area (Å²) in [5, 5.41) is 19.8. The number of nitrogens with one attached hydrogen (secondary N) is 1. The minimum atomic E-state index is -0.452. The third kappa shape index (κ3) is 3.45. The highest BCUT2D eigenvalue weighted by Gasteiger charge is 2.37. The highest BCUT2D eigenvalue weighted by Crippen LogP contribution is 2.29. The van der Waals surface area contributed by atoms with Crippen molar-refractivity contribution in [2.45, 2.75) is 25.9 Å². The van der Waals surface area contributed by atoms with Gasteiger partial charge in [-0.25, -0.2) is 9.07 Å². The summed E-state index contributed by atoms with van der Waals surface area (Å²) in [5.74, 6) is -0.651. The molecular formula is C17H19FN6O. The number of carbonyl (C=O) groups excluding carboxylic acids is 1. The van der Waals surface area contributed by atoms with E-state index in [0.717, 1.165) is 0 Å². The molecule has 1 saturated heterocycles. The second kappa shape index (κ2) is 6.89. The number of benzene rings is 1. The van der Waals surface area contributed by atoms with Gasteiger partial charge in [-0.15, -0.1) is 5.10 Å². The normalized spacial score (nSPS) is 19.9. The standard InChI is InChI=1S/C17H19FN6O/c1-11(2)17(25)21-14-9-23(10-16(14)24-6-5-20-22-24)15-4-3-12(8-19)7-13(15)18/h3-7,11,14,16H,9-10H2,1-2H3,(H,21,25)/t14-,16+/m1/s1. The maximum atomic E-state index is 14.4. The van der Waals surface area contributed by atoms with Crippen LogP contribution in [0.2, 0.25) is 0 Å². The van der Waals surface area contributed by atoms with Gasteiger partial charge in [0, 0.05) is 25.2 Å². The van der Waals surface area contributed by atoms with E-state index in [1.807, 2.05) is 24.8 Å². The molecular weight excluding hydrogens is 323 g/mol. The monoisotopic (exact) mass is 342 g/mol. The molecule has 1 N–H and O–H groups in total. The van der Waals surface area contributed by atoms with Crippen LogP contribution in [0.15, 0.2) is 30.6 Å². The zero-order chi connectivity index (χ0) is 18.0. The molecule has 1 aromatic carbocycles. The molecule has 1 aliphatic heterocycles. The maximum Gasteiger partial charge on any atom is 0.222 e. The number of nitriles is 1. The van der Waals surface area contributed by atoms with Gasteiger partial charge in [0.25, 0.3) is 0 Å². The summed E-state index contributed by atoms with van der Waals surface area (Å²) in [6, 6.07) is 5.96. The fourth-order valence-corrected chi connectivity index (χ4v) is 2.97. The molecule has 0 unspecified atom stereocenters. The van der Waals surface area contributed by atoms with Gasteiger partial charge in [0.1, 0.15) is 5.82 Å². The number of aromatic nitrogens is 3. The molecule has 2 aromatic rings. The number of rotatable bonds is 4. The van der Waals surface area contributed by atoms with E-state index in [2.05, 4.69) is 15.6 Å². The molecule has 7 nitrogen and oxygen atoms in total. The molecule has 0 bridgehead atoms. The van der Waals surface area contributed by atoms with Crippen LogP contribution in [0.5, 0.6) is 0 Å². The van der Waals surface area contributed by atoms with Gasteiger partial charge in [0.15, 0.2) is 0 Å². The van der Waals surface area contributed by atoms with Crippen LogP contribution in [-0.4, -0.2) is 40.0 Å². The molecule has 1 amide bonds. The van der Waals surface area contributed by atoms with E-state index in [-0.39, 0.29) is 29.5 Å². The molecule has 1 fully saturated rings. The number of halogens is 1. The second-order valence-corrected chi connectivity index (χ2v) is 6.40. The topological polar surface area (TPSA) is 86.8 Å². The van der Waals surface area contributed by atoms with Gasteiger partial charge in [-0.3, -0.25) is 4.79 Å². The summed E-state index contributed by atoms with van der Waals surface area (Å²) in [5.41, 5.74) is 0.684. The SMILES string of the molecule is CC(C)C(=O)N[C@@H]1CN(c2ccc(C#N)cc2F)C[C@@H]1n1ccnn1. The summed E-state index contributed by atoms with van der Waals surface area (Å²) in [7, 11) is 0. The van der Waals surface area contributed by atoms with E-state index in [4.69, 9.17) is 5.26 Å². The van der Waals surface area contributed by atoms with Gasteiger partial charge in [0.2, 0.25) is 5.91 Å². The van der Waals surface area contributed by atoms with E-state index in [9.17, 15) is 9.18 Å². The zero-order valence-electron chi connectivity index (χ0n) is 14.1. The summed E-state index contributed by atoms with van der Waals surface area (Å²) < 4.78 is 16.0. The molecule has 2 heterocycles. The van der Waals surface area contributed by atoms with Crippen molar-refractivity contribution in [1.82, 2.24) is 20.3 Å². The Labute approximate surface area is 145 Å².